The molecule has 5 nitrogen and oxygen atoms in total. The van der Waals surface area contributed by atoms with Gasteiger partial charge in [0.05, 0.1) is 0 Å². The summed E-state index contributed by atoms with van der Waals surface area (Å²) in [6.45, 7) is 9.26. The van der Waals surface area contributed by atoms with E-state index in [2.05, 4.69) is 27.7 Å². The van der Waals surface area contributed by atoms with Crippen LogP contribution in [0.25, 0.3) is 0 Å². The SMILES string of the molecule is CCCCC(C)C(C)(C)N.NCCCCC(N)C(=O)O. The van der Waals surface area contributed by atoms with Gasteiger partial charge in [0, 0.05) is 5.54 Å². The van der Waals surface area contributed by atoms with Gasteiger partial charge in [0.25, 0.3) is 0 Å². The third-order valence-corrected chi connectivity index (χ3v) is 3.55. The van der Waals surface area contributed by atoms with Crippen LogP contribution in [0.1, 0.15) is 66.2 Å². The van der Waals surface area contributed by atoms with Crippen molar-refractivity contribution in [3.8, 4) is 0 Å². The predicted octanol–water partition coefficient (Wildman–Crippen LogP) is 2.08. The normalized spacial score (nSPS) is 14.2. The largest absolute Gasteiger partial charge is 0.480 e. The van der Waals surface area contributed by atoms with Crippen molar-refractivity contribution < 1.29 is 9.90 Å². The summed E-state index contributed by atoms with van der Waals surface area (Å²) in [5, 5.41) is 8.33. The van der Waals surface area contributed by atoms with E-state index in [9.17, 15) is 4.79 Å². The molecule has 7 N–H and O–H groups in total. The summed E-state index contributed by atoms with van der Waals surface area (Å²) in [6.07, 6.45) is 6.01. The molecule has 0 spiro atoms. The Hall–Kier alpha value is -0.650. The number of hydrogen-bond acceptors (Lipinski definition) is 4. The smallest absolute Gasteiger partial charge is 0.320 e. The Kier molecular flexibility index (Phi) is 13.1. The first-order chi connectivity index (χ1) is 9.16. The van der Waals surface area contributed by atoms with Crippen LogP contribution in [0.15, 0.2) is 0 Å². The van der Waals surface area contributed by atoms with Crippen molar-refractivity contribution in [1.29, 1.82) is 0 Å². The van der Waals surface area contributed by atoms with Crippen molar-refractivity contribution in [2.75, 3.05) is 6.54 Å². The number of rotatable bonds is 9. The van der Waals surface area contributed by atoms with Crippen LogP contribution in [0.4, 0.5) is 0 Å². The minimum Gasteiger partial charge on any atom is -0.480 e. The summed E-state index contributed by atoms with van der Waals surface area (Å²) in [5.41, 5.74) is 16.3. The Balaban J connectivity index is 0. The fourth-order valence-corrected chi connectivity index (χ4v) is 1.51. The molecule has 2 atom stereocenters. The van der Waals surface area contributed by atoms with Crippen LogP contribution in [0, 0.1) is 5.92 Å². The molecule has 0 aliphatic heterocycles. The number of unbranched alkanes of at least 4 members (excludes halogenated alkanes) is 2. The molecule has 0 aliphatic rings. The number of carboxylic acids is 1. The molecule has 0 aromatic rings. The Labute approximate surface area is 124 Å². The lowest BCUT2D eigenvalue weighted by Crippen LogP contribution is -2.39. The average Bonchev–Trinajstić information content (AvgIpc) is 2.35. The maximum Gasteiger partial charge on any atom is 0.320 e. The predicted molar refractivity (Wildman–Crippen MR) is 85.5 cm³/mol. The summed E-state index contributed by atoms with van der Waals surface area (Å²) >= 11 is 0. The lowest BCUT2D eigenvalue weighted by molar-refractivity contribution is -0.138. The summed E-state index contributed by atoms with van der Waals surface area (Å²) in [4.78, 5) is 10.1. The summed E-state index contributed by atoms with van der Waals surface area (Å²) in [5.74, 6) is -0.288. The Morgan fingerprint density at radius 3 is 2.10 bits per heavy atom. The van der Waals surface area contributed by atoms with Crippen molar-refractivity contribution in [2.24, 2.45) is 23.1 Å². The van der Waals surface area contributed by atoms with Gasteiger partial charge in [-0.15, -0.1) is 0 Å². The van der Waals surface area contributed by atoms with Gasteiger partial charge in [-0.05, 0) is 45.6 Å². The lowest BCUT2D eigenvalue weighted by atomic mass is 9.86. The van der Waals surface area contributed by atoms with Gasteiger partial charge in [0.2, 0.25) is 0 Å². The van der Waals surface area contributed by atoms with Crippen LogP contribution >= 0.6 is 0 Å². The zero-order valence-electron chi connectivity index (χ0n) is 13.7. The molecule has 2 unspecified atom stereocenters. The quantitative estimate of drug-likeness (QED) is 0.485. The second-order valence-electron chi connectivity index (χ2n) is 6.09. The highest BCUT2D eigenvalue weighted by Gasteiger charge is 2.19. The molecule has 0 saturated heterocycles. The highest BCUT2D eigenvalue weighted by atomic mass is 16.4. The van der Waals surface area contributed by atoms with Crippen molar-refractivity contribution in [3.05, 3.63) is 0 Å². The monoisotopic (exact) mass is 289 g/mol. The number of carboxylic acid groups (broad SMARTS) is 1. The summed E-state index contributed by atoms with van der Waals surface area (Å²) < 4.78 is 0. The second kappa shape index (κ2) is 12.1. The van der Waals surface area contributed by atoms with Gasteiger partial charge in [-0.3, -0.25) is 4.79 Å². The van der Waals surface area contributed by atoms with Crippen molar-refractivity contribution >= 4 is 5.97 Å². The fraction of sp³-hybridized carbons (Fsp3) is 0.933. The molecule has 0 saturated carbocycles. The molecule has 0 aromatic heterocycles. The van der Waals surface area contributed by atoms with Crippen LogP contribution < -0.4 is 17.2 Å². The van der Waals surface area contributed by atoms with Gasteiger partial charge < -0.3 is 22.3 Å². The van der Waals surface area contributed by atoms with E-state index in [1.807, 2.05) is 0 Å². The molecule has 0 heterocycles. The molecule has 0 amide bonds. The maximum absolute atomic E-state index is 10.1. The van der Waals surface area contributed by atoms with Crippen molar-refractivity contribution in [1.82, 2.24) is 0 Å². The first-order valence-electron chi connectivity index (χ1n) is 7.64. The number of carbonyl (C=O) groups is 1. The average molecular weight is 289 g/mol. The van der Waals surface area contributed by atoms with Gasteiger partial charge >= 0.3 is 5.97 Å². The lowest BCUT2D eigenvalue weighted by Gasteiger charge is -2.26. The molecule has 5 heteroatoms. The zero-order chi connectivity index (χ0) is 16.2. The van der Waals surface area contributed by atoms with Crippen molar-refractivity contribution in [3.63, 3.8) is 0 Å². The summed E-state index contributed by atoms with van der Waals surface area (Å²) in [7, 11) is 0. The van der Waals surface area contributed by atoms with E-state index in [-0.39, 0.29) is 5.54 Å². The molecule has 0 aromatic carbocycles. The highest BCUT2D eigenvalue weighted by molar-refractivity contribution is 5.72. The topological polar surface area (TPSA) is 115 Å². The van der Waals surface area contributed by atoms with Gasteiger partial charge in [0.15, 0.2) is 0 Å². The van der Waals surface area contributed by atoms with E-state index in [4.69, 9.17) is 22.3 Å². The number of aliphatic carboxylic acids is 1. The van der Waals surface area contributed by atoms with E-state index in [1.165, 1.54) is 19.3 Å². The molecule has 0 fully saturated rings. The third-order valence-electron chi connectivity index (χ3n) is 3.55. The van der Waals surface area contributed by atoms with Gasteiger partial charge in [0.1, 0.15) is 6.04 Å². The minimum atomic E-state index is -0.933. The molecular formula is C15H35N3O2. The van der Waals surface area contributed by atoms with Crippen LogP contribution in [0.2, 0.25) is 0 Å². The molecule has 122 valence electrons. The first-order valence-corrected chi connectivity index (χ1v) is 7.64. The van der Waals surface area contributed by atoms with E-state index in [0.717, 1.165) is 12.8 Å². The van der Waals surface area contributed by atoms with E-state index in [1.54, 1.807) is 0 Å². The Bertz CT molecular complexity index is 240. The first kappa shape index (κ1) is 21.6. The molecular weight excluding hydrogens is 254 g/mol. The van der Waals surface area contributed by atoms with Crippen molar-refractivity contribution in [2.45, 2.75) is 77.8 Å². The fourth-order valence-electron chi connectivity index (χ4n) is 1.51. The minimum absolute atomic E-state index is 0.00910. The maximum atomic E-state index is 10.1. The molecule has 0 bridgehead atoms. The molecule has 0 radical (unpaired) electrons. The van der Waals surface area contributed by atoms with Crippen LogP contribution in [-0.4, -0.2) is 29.2 Å². The molecule has 0 aliphatic carbocycles. The second-order valence-corrected chi connectivity index (χ2v) is 6.09. The number of hydrogen-bond donors (Lipinski definition) is 4. The molecule has 20 heavy (non-hydrogen) atoms. The van der Waals surface area contributed by atoms with Gasteiger partial charge in [-0.1, -0.05) is 33.1 Å². The highest BCUT2D eigenvalue weighted by Crippen LogP contribution is 2.18. The summed E-state index contributed by atoms with van der Waals surface area (Å²) in [6, 6.07) is -0.716. The molecule has 0 rings (SSSR count). The van der Waals surface area contributed by atoms with Gasteiger partial charge in [-0.25, -0.2) is 0 Å². The zero-order valence-corrected chi connectivity index (χ0v) is 13.7. The van der Waals surface area contributed by atoms with Crippen LogP contribution in [0.5, 0.6) is 0 Å². The van der Waals surface area contributed by atoms with Gasteiger partial charge in [-0.2, -0.15) is 0 Å². The Morgan fingerprint density at radius 1 is 1.20 bits per heavy atom. The van der Waals surface area contributed by atoms with E-state index < -0.39 is 12.0 Å². The number of nitrogens with two attached hydrogens (primary N) is 3. The Morgan fingerprint density at radius 2 is 1.75 bits per heavy atom. The third kappa shape index (κ3) is 13.8. The van der Waals surface area contributed by atoms with E-state index in [0.29, 0.717) is 18.9 Å². The van der Waals surface area contributed by atoms with E-state index >= 15 is 0 Å². The van der Waals surface area contributed by atoms with Crippen LogP contribution in [-0.2, 0) is 4.79 Å². The standard InChI is InChI=1S/C9H21N.C6H14N2O2/c1-5-6-7-8(2)9(3,4)10;7-4-2-1-3-5(8)6(9)10/h8H,5-7,10H2,1-4H3;5H,1-4,7-8H2,(H,9,10). The van der Waals surface area contributed by atoms with Crippen LogP contribution in [0.3, 0.4) is 0 Å².